The van der Waals surface area contributed by atoms with Gasteiger partial charge in [0.25, 0.3) is 5.91 Å². The number of halogens is 5. The van der Waals surface area contributed by atoms with Crippen molar-refractivity contribution in [2.24, 2.45) is 11.8 Å². The summed E-state index contributed by atoms with van der Waals surface area (Å²) in [4.78, 5) is 146. The second-order valence-corrected chi connectivity index (χ2v) is 38.4. The van der Waals surface area contributed by atoms with Crippen molar-refractivity contribution in [3.8, 4) is 0 Å². The largest absolute Gasteiger partial charge is 2.00 e. The van der Waals surface area contributed by atoms with Crippen LogP contribution in [0.2, 0.25) is 0 Å². The van der Waals surface area contributed by atoms with Crippen LogP contribution in [0.1, 0.15) is 290 Å². The van der Waals surface area contributed by atoms with Gasteiger partial charge >= 0.3 is 65.3 Å². The number of benzene rings is 3. The zero-order valence-electron chi connectivity index (χ0n) is 82.4. The van der Waals surface area contributed by atoms with Crippen LogP contribution in [-0.2, 0) is 38.1 Å². The Kier molecular flexibility index (Phi) is 67.3. The molecule has 7 heterocycles. The number of carbonyl (C=O) groups is 10. The number of hydrogen-bond acceptors (Lipinski definition) is 24. The fourth-order valence-corrected chi connectivity index (χ4v) is 16.6. The molecule has 2 N–H and O–H groups in total. The Labute approximate surface area is 884 Å². The number of carboxylic acid groups (broad SMARTS) is 2. The first-order valence-corrected chi connectivity index (χ1v) is 47.0. The van der Waals surface area contributed by atoms with Gasteiger partial charge < -0.3 is 50.9 Å². The van der Waals surface area contributed by atoms with Crippen molar-refractivity contribution >= 4 is 253 Å². The molecule has 12 rings (SSSR count). The number of nitrogens with zero attached hydrogens (tertiary/aromatic N) is 9. The topological polar surface area (TPSA) is 334 Å². The van der Waals surface area contributed by atoms with Gasteiger partial charge in [0.05, 0.1) is 43.3 Å². The second-order valence-electron chi connectivity index (χ2n) is 34.8. The number of esters is 1. The number of likely N-dealkylation sites (tertiary alicyclic amines) is 3. The van der Waals surface area contributed by atoms with Crippen molar-refractivity contribution < 1.29 is 117 Å². The summed E-state index contributed by atoms with van der Waals surface area (Å²) in [6, 6.07) is 18.1. The van der Waals surface area contributed by atoms with E-state index in [1.807, 2.05) is 74.6 Å². The molecule has 4 aromatic heterocycles. The van der Waals surface area contributed by atoms with E-state index in [1.165, 1.54) is 212 Å². The van der Waals surface area contributed by atoms with Gasteiger partial charge in [-0.25, -0.2) is 66.9 Å². The molecule has 3 saturated heterocycles. The number of amides is 5. The molecule has 7 aromatic rings. The standard InChI is InChI=1S/C19H21FN2O3S.C15H14FNOS.C15H23N3O4S.C13H18N2O4S.C10H18O2.C9H17NO4.C6H4F.B5.B4.B3.B2.B.BrH.ClH.Mg/c1-19(2,3)25-18(24)22-10-4-5-15(22)17-21-14(11-26-17)16(23)12-6-8-13(20)9-7-12;16-12-7-5-10(6-8-12)14(18)13-9-19-15(17-13)11-3-1-2-4-11;1-15(2,3)22-14(20)18-8-6-7-11(18)12-16-10(9-23-12)13(19)17(4)21-5;1-13(2,3)19-12(18)15-6-4-5-9(15)10-14-8(7-20-10)11(16)17;1-8(10(11)12-2)9-6-4-3-5-7-9;1-6(7(11)12)10(5)8(13)14-9(2,3)4;7-6-4-2-1-3-5-6;1-4-5(2)3;1-4(2)3;1-3-2;1-2;;;;/h6-9,11,15H,4-5,10H2,1-3H3;5-9,11H,1-4H2;9,11H,6-8H2,1-5H3;7,9H,4-6H2,1-3H3,(H,16,17);8-9H,3-7H2,1-2H3;6H,1-5H3,(H,11,12);2-5H;;;;;;2*1H;/q;;;;;;-1;;;;;;;;+2/p-1/t15-;;11-;9-;;6-;;;;;;;;;/m0.00.0........./s1. The van der Waals surface area contributed by atoms with Crippen molar-refractivity contribution in [1.29, 1.82) is 0 Å². The summed E-state index contributed by atoms with van der Waals surface area (Å²) in [6.45, 7) is 26.9. The van der Waals surface area contributed by atoms with Gasteiger partial charge in [0.2, 0.25) is 11.6 Å². The van der Waals surface area contributed by atoms with Gasteiger partial charge in [0, 0.05) is 191 Å². The SMILES string of the molecule is CC(C)(C)OC(=O)N1CCC[C@H]1c1nc(C(=O)O)cs1.CC(C)(C)OC(=O)N1CCC[C@H]1c1nc(C(=O)c2ccc(F)cc2)cs1.COC(=O)C(C)C1CCCCC1.CON(C)C(=O)c1csc([C@@H]2CCCN2C(=O)OC(C)(C)C)n1.C[C@@H](C(=O)O)N(C)C(=O)OC(C)(C)C.Cl.Fc1cc[c-]cc1.O=C(c1ccc(F)cc1)c1csc(C2CCCC2)n1.[B].[B]B([B])[B].[B][B].[B][B]B([B])[B].[B][B][B].[Br-].[Mg+2]. The van der Waals surface area contributed by atoms with Crippen LogP contribution in [0.5, 0.6) is 0 Å². The van der Waals surface area contributed by atoms with E-state index in [9.17, 15) is 61.1 Å². The van der Waals surface area contributed by atoms with Gasteiger partial charge in [0.15, 0.2) is 5.69 Å². The number of ether oxygens (including phenoxy) is 5. The first kappa shape index (κ1) is 136. The van der Waals surface area contributed by atoms with Crippen LogP contribution < -0.4 is 17.0 Å². The average molecular weight is 2060 g/mol. The maximum absolute atomic E-state index is 13.0. The minimum absolute atomic E-state index is 0. The van der Waals surface area contributed by atoms with Crippen LogP contribution in [0.3, 0.4) is 0 Å². The van der Waals surface area contributed by atoms with Crippen LogP contribution in [0.25, 0.3) is 0 Å². The molecule has 3 aromatic carbocycles. The Hall–Kier alpha value is -7.26. The Morgan fingerprint density at radius 1 is 0.504 bits per heavy atom. The summed E-state index contributed by atoms with van der Waals surface area (Å²) in [6.07, 6.45) is 13.4. The number of ketones is 2. The number of likely N-dealkylation sites (N-methyl/N-ethyl adjacent to an activating group) is 1. The molecule has 2 aliphatic carbocycles. The third-order valence-corrected chi connectivity index (χ3v) is 23.3. The minimum Gasteiger partial charge on any atom is -1.00 e. The second kappa shape index (κ2) is 68.9. The molecule has 52 heteroatoms. The van der Waals surface area contributed by atoms with E-state index in [-0.39, 0.29) is 150 Å². The van der Waals surface area contributed by atoms with E-state index in [0.717, 1.165) is 70.6 Å². The minimum atomic E-state index is -1.06. The third-order valence-electron chi connectivity index (χ3n) is 19.4. The summed E-state index contributed by atoms with van der Waals surface area (Å²) < 4.78 is 63.8. The molecular formula is C87H116B15BrClF3MgN9O18S4. The van der Waals surface area contributed by atoms with Crippen LogP contribution in [0.4, 0.5) is 32.3 Å². The number of methoxy groups -OCH3 is 1. The fraction of sp³-hybridized carbons (Fsp3) is 0.540. The number of aromatic nitrogens is 4. The van der Waals surface area contributed by atoms with Crippen LogP contribution in [0.15, 0.2) is 94.3 Å². The van der Waals surface area contributed by atoms with Gasteiger partial charge in [-0.05, 0) is 209 Å². The van der Waals surface area contributed by atoms with E-state index >= 15 is 0 Å². The van der Waals surface area contributed by atoms with Crippen molar-refractivity contribution in [1.82, 2.24) is 44.6 Å². The Morgan fingerprint density at radius 2 is 0.813 bits per heavy atom. The van der Waals surface area contributed by atoms with E-state index in [1.54, 1.807) is 57.6 Å². The average Bonchev–Trinajstić information content (AvgIpc) is 1.67. The number of carboxylic acids is 2. The summed E-state index contributed by atoms with van der Waals surface area (Å²) in [7, 11) is 53.6. The first-order valence-electron chi connectivity index (χ1n) is 43.5. The maximum Gasteiger partial charge on any atom is 2.00 e. The van der Waals surface area contributed by atoms with E-state index in [4.69, 9.17) is 61.9 Å². The van der Waals surface area contributed by atoms with Gasteiger partial charge in [-0.15, -0.1) is 69.9 Å². The molecule has 5 amide bonds. The van der Waals surface area contributed by atoms with Crippen molar-refractivity contribution in [3.05, 3.63) is 172 Å². The zero-order valence-corrected chi connectivity index (χ0v) is 89.5. The number of thiazole rings is 4. The molecule has 5 aliphatic rings. The number of hydroxylamine groups is 2. The molecule has 1 unspecified atom stereocenters. The third kappa shape index (κ3) is 52.2. The Morgan fingerprint density at radius 3 is 1.12 bits per heavy atom. The fourth-order valence-electron chi connectivity index (χ4n) is 12.8. The monoisotopic (exact) mass is 2060 g/mol. The molecule has 27 nitrogen and oxygen atoms in total. The smallest absolute Gasteiger partial charge is 1.00 e. The summed E-state index contributed by atoms with van der Waals surface area (Å²) >= 11 is 5.58. The summed E-state index contributed by atoms with van der Waals surface area (Å²) in [5.41, 5.74) is -0.212. The molecule has 3 aliphatic heterocycles. The molecule has 5 fully saturated rings. The molecule has 25 radical (unpaired) electrons. The molecule has 723 valence electrons. The molecule has 0 bridgehead atoms. The van der Waals surface area contributed by atoms with Crippen molar-refractivity contribution in [2.75, 3.05) is 47.9 Å². The van der Waals surface area contributed by atoms with Gasteiger partial charge in [-0.2, -0.15) is 18.2 Å². The number of carbonyl (C=O) groups excluding carboxylic acids is 8. The summed E-state index contributed by atoms with van der Waals surface area (Å²) in [5.74, 6) is -2.55. The molecular weight excluding hydrogens is 1950 g/mol. The van der Waals surface area contributed by atoms with Crippen molar-refractivity contribution in [3.63, 3.8) is 0 Å². The number of rotatable bonds is 16. The van der Waals surface area contributed by atoms with Gasteiger partial charge in [-0.3, -0.25) is 43.6 Å². The van der Waals surface area contributed by atoms with E-state index in [2.05, 4.69) is 80.2 Å². The quantitative estimate of drug-likeness (QED) is 0.0227. The number of hydrogen-bond donors (Lipinski definition) is 2. The number of aromatic carboxylic acids is 1. The maximum atomic E-state index is 13.0. The Bertz CT molecular complexity index is 4760. The van der Waals surface area contributed by atoms with E-state index < -0.39 is 59.2 Å². The van der Waals surface area contributed by atoms with Crippen LogP contribution in [0, 0.1) is 35.4 Å². The first-order chi connectivity index (χ1) is 63.2. The van der Waals surface area contributed by atoms with Crippen LogP contribution >= 0.6 is 57.8 Å². The Balaban J connectivity index is -0.00000154. The number of aliphatic carboxylic acids is 1. The van der Waals surface area contributed by atoms with Crippen LogP contribution in [-0.4, -0.2) is 327 Å². The predicted molar refractivity (Wildman–Crippen MR) is 554 cm³/mol. The van der Waals surface area contributed by atoms with Gasteiger partial charge in [0.1, 0.15) is 72.2 Å². The van der Waals surface area contributed by atoms with Crippen molar-refractivity contribution in [2.45, 2.75) is 246 Å². The molecule has 0 spiro atoms. The predicted octanol–water partition coefficient (Wildman–Crippen LogP) is 11.2. The molecule has 5 atom stereocenters. The van der Waals surface area contributed by atoms with Gasteiger partial charge in [-0.1, -0.05) is 39.0 Å². The normalized spacial score (nSPS) is 15.3. The van der Waals surface area contributed by atoms with E-state index in [0.29, 0.717) is 64.7 Å². The molecule has 139 heavy (non-hydrogen) atoms. The summed E-state index contributed by atoms with van der Waals surface area (Å²) in [5, 5.41) is 28.6. The zero-order chi connectivity index (χ0) is 102. The molecule has 2 saturated carbocycles.